The van der Waals surface area contributed by atoms with Gasteiger partial charge >= 0.3 is 0 Å². The summed E-state index contributed by atoms with van der Waals surface area (Å²) in [5.74, 6) is 0.960. The summed E-state index contributed by atoms with van der Waals surface area (Å²) in [6, 6.07) is 18.8. The van der Waals surface area contributed by atoms with E-state index in [1.165, 1.54) is 10.0 Å². The predicted octanol–water partition coefficient (Wildman–Crippen LogP) is 4.15. The van der Waals surface area contributed by atoms with Crippen molar-refractivity contribution in [3.05, 3.63) is 75.9 Å². The second kappa shape index (κ2) is 9.26. The molecule has 5 nitrogen and oxygen atoms in total. The molecular formula is C24H24BBrClN5. The summed E-state index contributed by atoms with van der Waals surface area (Å²) in [6.45, 7) is 3.09. The van der Waals surface area contributed by atoms with Gasteiger partial charge in [-0.2, -0.15) is 9.61 Å². The van der Waals surface area contributed by atoms with Gasteiger partial charge in [-0.15, -0.1) is 0 Å². The first-order valence-corrected chi connectivity index (χ1v) is 12.1. The fourth-order valence-corrected chi connectivity index (χ4v) is 4.94. The fourth-order valence-electron chi connectivity index (χ4n) is 4.29. The smallest absolute Gasteiger partial charge is 0.151 e. The second-order valence-corrected chi connectivity index (χ2v) is 9.62. The number of likely N-dealkylation sites (tertiary alicyclic amines) is 1. The van der Waals surface area contributed by atoms with E-state index in [1.807, 2.05) is 42.8 Å². The first-order chi connectivity index (χ1) is 15.6. The number of benzene rings is 2. The number of anilines is 1. The van der Waals surface area contributed by atoms with Crippen LogP contribution < -0.4 is 10.8 Å². The third-order valence-corrected chi connectivity index (χ3v) is 7.19. The van der Waals surface area contributed by atoms with Gasteiger partial charge in [0.2, 0.25) is 0 Å². The van der Waals surface area contributed by atoms with Crippen molar-refractivity contribution in [2.75, 3.05) is 18.4 Å². The Morgan fingerprint density at radius 3 is 2.62 bits per heavy atom. The molecule has 0 amide bonds. The van der Waals surface area contributed by atoms with Gasteiger partial charge in [0.25, 0.3) is 0 Å². The number of piperidine rings is 1. The minimum Gasteiger partial charge on any atom is -0.367 e. The van der Waals surface area contributed by atoms with Crippen molar-refractivity contribution in [3.8, 4) is 11.3 Å². The zero-order valence-corrected chi connectivity index (χ0v) is 20.3. The molecule has 1 aliphatic rings. The van der Waals surface area contributed by atoms with E-state index in [1.54, 1.807) is 0 Å². The Balaban J connectivity index is 1.34. The van der Waals surface area contributed by atoms with Crippen molar-refractivity contribution in [1.82, 2.24) is 19.5 Å². The van der Waals surface area contributed by atoms with E-state index >= 15 is 0 Å². The van der Waals surface area contributed by atoms with Crippen LogP contribution in [0, 0.1) is 0 Å². The number of hydrogen-bond acceptors (Lipinski definition) is 4. The van der Waals surface area contributed by atoms with E-state index in [0.29, 0.717) is 11.1 Å². The highest BCUT2D eigenvalue weighted by Crippen LogP contribution is 2.29. The number of nitrogens with one attached hydrogen (secondary N) is 1. The number of nitrogens with zero attached hydrogens (tertiary/aromatic N) is 4. The average molecular weight is 509 g/mol. The van der Waals surface area contributed by atoms with Gasteiger partial charge in [0, 0.05) is 53.0 Å². The number of halogens is 2. The van der Waals surface area contributed by atoms with Crippen molar-refractivity contribution >= 4 is 52.3 Å². The van der Waals surface area contributed by atoms with Crippen LogP contribution in [0.15, 0.2) is 65.3 Å². The van der Waals surface area contributed by atoms with E-state index < -0.39 is 0 Å². The fraction of sp³-hybridized carbons (Fsp3) is 0.250. The van der Waals surface area contributed by atoms with Crippen molar-refractivity contribution in [1.29, 1.82) is 0 Å². The number of hydrogen-bond donors (Lipinski definition) is 1. The summed E-state index contributed by atoms with van der Waals surface area (Å²) >= 11 is 10.1. The molecule has 0 radical (unpaired) electrons. The zero-order valence-electron chi connectivity index (χ0n) is 17.9. The lowest BCUT2D eigenvalue weighted by Gasteiger charge is -2.33. The van der Waals surface area contributed by atoms with E-state index in [2.05, 4.69) is 61.6 Å². The topological polar surface area (TPSA) is 45.5 Å². The average Bonchev–Trinajstić information content (AvgIpc) is 3.18. The van der Waals surface area contributed by atoms with Gasteiger partial charge in [-0.3, -0.25) is 4.90 Å². The Bertz CT molecular complexity index is 1250. The largest absolute Gasteiger partial charge is 0.367 e. The Hall–Kier alpha value is -2.35. The summed E-state index contributed by atoms with van der Waals surface area (Å²) in [5.41, 5.74) is 5.04. The minimum atomic E-state index is 0.389. The molecule has 1 N–H and O–H groups in total. The Kier molecular flexibility index (Phi) is 6.22. The molecule has 32 heavy (non-hydrogen) atoms. The lowest BCUT2D eigenvalue weighted by atomic mass is 10.0. The van der Waals surface area contributed by atoms with E-state index in [0.717, 1.165) is 60.7 Å². The molecule has 2 aromatic carbocycles. The Labute approximate surface area is 202 Å². The molecule has 5 rings (SSSR count). The van der Waals surface area contributed by atoms with Gasteiger partial charge in [0.1, 0.15) is 13.7 Å². The van der Waals surface area contributed by atoms with Crippen LogP contribution in [0.2, 0.25) is 5.02 Å². The maximum atomic E-state index is 6.47. The van der Waals surface area contributed by atoms with E-state index in [-0.39, 0.29) is 0 Å². The van der Waals surface area contributed by atoms with Crippen LogP contribution >= 0.6 is 27.5 Å². The minimum absolute atomic E-state index is 0.389. The molecule has 0 atom stereocenters. The van der Waals surface area contributed by atoms with Gasteiger partial charge in [-0.25, -0.2) is 4.98 Å². The highest BCUT2D eigenvalue weighted by molar-refractivity contribution is 9.10. The number of fused-ring (bicyclic) bond motifs is 1. The van der Waals surface area contributed by atoms with Crippen LogP contribution in [0.5, 0.6) is 0 Å². The summed E-state index contributed by atoms with van der Waals surface area (Å²) in [4.78, 5) is 7.37. The maximum absolute atomic E-state index is 6.47. The number of aromatic nitrogens is 3. The highest BCUT2D eigenvalue weighted by atomic mass is 79.9. The normalized spacial score (nSPS) is 15.3. The quantitative estimate of drug-likeness (QED) is 0.412. The van der Waals surface area contributed by atoms with E-state index in [4.69, 9.17) is 16.6 Å². The van der Waals surface area contributed by atoms with Gasteiger partial charge in [0.15, 0.2) is 5.65 Å². The molecule has 0 bridgehead atoms. The summed E-state index contributed by atoms with van der Waals surface area (Å²) in [7, 11) is 2.04. The van der Waals surface area contributed by atoms with Crippen LogP contribution in [-0.2, 0) is 6.54 Å². The molecule has 0 unspecified atom stereocenters. The first kappa shape index (κ1) is 21.5. The van der Waals surface area contributed by atoms with Gasteiger partial charge < -0.3 is 5.32 Å². The van der Waals surface area contributed by atoms with Crippen LogP contribution in [0.4, 0.5) is 5.82 Å². The lowest BCUT2D eigenvalue weighted by molar-refractivity contribution is 0.211. The SMILES string of the molecule is Bc1cnn2c(NC3CCN(Cc4ccccc4Br)CC3)cc(-c3ccccc3Cl)nc12. The van der Waals surface area contributed by atoms with E-state index in [9.17, 15) is 0 Å². The molecule has 0 spiro atoms. The summed E-state index contributed by atoms with van der Waals surface area (Å²) in [5, 5.41) is 9.01. The molecule has 0 aliphatic carbocycles. The van der Waals surface area contributed by atoms with Crippen LogP contribution in [0.1, 0.15) is 18.4 Å². The first-order valence-electron chi connectivity index (χ1n) is 10.9. The molecular weight excluding hydrogens is 484 g/mol. The molecule has 1 aliphatic heterocycles. The van der Waals surface area contributed by atoms with Crippen LogP contribution in [-0.4, -0.2) is 46.5 Å². The maximum Gasteiger partial charge on any atom is 0.151 e. The molecule has 0 saturated carbocycles. The Morgan fingerprint density at radius 1 is 1.09 bits per heavy atom. The third-order valence-electron chi connectivity index (χ3n) is 6.09. The van der Waals surface area contributed by atoms with Crippen LogP contribution in [0.3, 0.4) is 0 Å². The summed E-state index contributed by atoms with van der Waals surface area (Å²) in [6.07, 6.45) is 4.02. The van der Waals surface area contributed by atoms with Gasteiger partial charge in [-0.1, -0.05) is 63.9 Å². The van der Waals surface area contributed by atoms with Crippen molar-refractivity contribution in [3.63, 3.8) is 0 Å². The van der Waals surface area contributed by atoms with Crippen molar-refractivity contribution < 1.29 is 0 Å². The molecule has 4 aromatic rings. The van der Waals surface area contributed by atoms with Crippen molar-refractivity contribution in [2.24, 2.45) is 0 Å². The zero-order chi connectivity index (χ0) is 22.1. The molecule has 3 heterocycles. The monoisotopic (exact) mass is 507 g/mol. The molecule has 8 heteroatoms. The van der Waals surface area contributed by atoms with Gasteiger partial charge in [-0.05, 0) is 36.0 Å². The highest BCUT2D eigenvalue weighted by Gasteiger charge is 2.21. The molecule has 1 fully saturated rings. The lowest BCUT2D eigenvalue weighted by Crippen LogP contribution is -2.39. The molecule has 162 valence electrons. The van der Waals surface area contributed by atoms with Crippen LogP contribution in [0.25, 0.3) is 16.9 Å². The standard InChI is InChI=1S/C24H24BBrClN5/c25-19-14-28-32-23(13-22(30-24(19)32)18-6-2-4-8-21(18)27)29-17-9-11-31(12-10-17)15-16-5-1-3-7-20(16)26/h1-8,13-14,17,29H,9-12,15,25H2. The number of rotatable bonds is 5. The molecule has 2 aromatic heterocycles. The predicted molar refractivity (Wildman–Crippen MR) is 138 cm³/mol. The third kappa shape index (κ3) is 4.42. The van der Waals surface area contributed by atoms with Crippen molar-refractivity contribution in [2.45, 2.75) is 25.4 Å². The molecule has 1 saturated heterocycles. The second-order valence-electron chi connectivity index (χ2n) is 8.36. The summed E-state index contributed by atoms with van der Waals surface area (Å²) < 4.78 is 3.09. The van der Waals surface area contributed by atoms with Gasteiger partial charge in [0.05, 0.1) is 5.69 Å². The Morgan fingerprint density at radius 2 is 1.84 bits per heavy atom.